The molecule has 0 fully saturated rings. The highest BCUT2D eigenvalue weighted by Gasteiger charge is 2.27. The van der Waals surface area contributed by atoms with Gasteiger partial charge < -0.3 is 10.6 Å². The van der Waals surface area contributed by atoms with E-state index in [0.717, 1.165) is 0 Å². The molecule has 0 radical (unpaired) electrons. The summed E-state index contributed by atoms with van der Waals surface area (Å²) < 4.78 is 1.43. The molecule has 0 bridgehead atoms. The highest BCUT2D eigenvalue weighted by molar-refractivity contribution is 6.33. The molecule has 1 aromatic heterocycles. The van der Waals surface area contributed by atoms with Crippen molar-refractivity contribution in [2.45, 2.75) is 32.7 Å². The number of nitrogens with one attached hydrogen (secondary N) is 2. The van der Waals surface area contributed by atoms with Crippen LogP contribution in [0.5, 0.6) is 0 Å². The Morgan fingerprint density at radius 2 is 1.63 bits per heavy atom. The van der Waals surface area contributed by atoms with Crippen LogP contribution in [-0.2, 0) is 11.8 Å². The molecule has 2 amide bonds. The third kappa shape index (κ3) is 4.71. The number of carbonyl (C=O) groups is 2. The number of carbonyl (C=O) groups excluding carboxylic acids is 2. The molecule has 1 heterocycles. The van der Waals surface area contributed by atoms with Crippen molar-refractivity contribution in [3.05, 3.63) is 82.1 Å². The molecule has 7 heteroatoms. The summed E-state index contributed by atoms with van der Waals surface area (Å²) in [5.41, 5.74) is 3.27. The third-order valence-corrected chi connectivity index (χ3v) is 5.33. The lowest BCUT2D eigenvalue weighted by atomic mass is 10.0. The molecule has 0 aliphatic heterocycles. The molecular weight excluding hydrogens is 400 g/mol. The fourth-order valence-electron chi connectivity index (χ4n) is 3.20. The Morgan fingerprint density at radius 1 is 1.00 bits per heavy atom. The van der Waals surface area contributed by atoms with E-state index in [4.69, 9.17) is 11.6 Å². The van der Waals surface area contributed by atoms with E-state index in [9.17, 15) is 9.59 Å². The maximum atomic E-state index is 13.1. The minimum atomic E-state index is -0.890. The Hall–Kier alpha value is -3.12. The predicted octanol–water partition coefficient (Wildman–Crippen LogP) is 4.62. The van der Waals surface area contributed by atoms with Crippen molar-refractivity contribution in [3.63, 3.8) is 0 Å². The molecule has 2 aromatic carbocycles. The van der Waals surface area contributed by atoms with Gasteiger partial charge in [0.05, 0.1) is 11.3 Å². The minimum absolute atomic E-state index is 0.224. The van der Waals surface area contributed by atoms with Crippen molar-refractivity contribution in [1.82, 2.24) is 15.1 Å². The largest absolute Gasteiger partial charge is 0.336 e. The zero-order chi connectivity index (χ0) is 21.8. The number of anilines is 1. The number of aryl methyl sites for hydroxylation is 2. The molecular formula is C23H25ClN4O2. The molecule has 1 atom stereocenters. The van der Waals surface area contributed by atoms with Crippen LogP contribution in [0.4, 0.5) is 5.69 Å². The second-order valence-electron chi connectivity index (χ2n) is 7.46. The lowest BCUT2D eigenvalue weighted by Crippen LogP contribution is -2.37. The molecule has 6 nitrogen and oxygen atoms in total. The Morgan fingerprint density at radius 3 is 2.17 bits per heavy atom. The van der Waals surface area contributed by atoms with E-state index < -0.39 is 11.9 Å². The number of hydrogen-bond acceptors (Lipinski definition) is 3. The molecule has 0 spiro atoms. The maximum absolute atomic E-state index is 13.1. The Labute approximate surface area is 181 Å². The second-order valence-corrected chi connectivity index (χ2v) is 7.82. The van der Waals surface area contributed by atoms with Gasteiger partial charge in [-0.05, 0) is 36.1 Å². The van der Waals surface area contributed by atoms with Gasteiger partial charge in [-0.3, -0.25) is 14.3 Å². The number of amides is 2. The number of halogens is 1. The summed E-state index contributed by atoms with van der Waals surface area (Å²) in [5, 5.41) is 10.1. The molecule has 0 aliphatic rings. The summed E-state index contributed by atoms with van der Waals surface area (Å²) >= 11 is 6.23. The molecule has 3 rings (SSSR count). The Kier molecular flexibility index (Phi) is 6.57. The van der Waals surface area contributed by atoms with E-state index in [1.807, 2.05) is 42.5 Å². The van der Waals surface area contributed by atoms with Gasteiger partial charge >= 0.3 is 0 Å². The third-order valence-electron chi connectivity index (χ3n) is 4.89. The first-order valence-corrected chi connectivity index (χ1v) is 10.1. The van der Waals surface area contributed by atoms with Gasteiger partial charge in [-0.2, -0.15) is 5.10 Å². The first-order chi connectivity index (χ1) is 14.3. The zero-order valence-corrected chi connectivity index (χ0v) is 18.2. The molecule has 30 heavy (non-hydrogen) atoms. The number of rotatable bonds is 6. The van der Waals surface area contributed by atoms with Gasteiger partial charge in [0.15, 0.2) is 0 Å². The smallest absolute Gasteiger partial charge is 0.257 e. The highest BCUT2D eigenvalue weighted by atomic mass is 35.5. The second kappa shape index (κ2) is 9.13. The molecule has 0 unspecified atom stereocenters. The van der Waals surface area contributed by atoms with Crippen LogP contribution in [0.2, 0.25) is 5.15 Å². The fourth-order valence-corrected chi connectivity index (χ4v) is 3.46. The molecule has 0 aliphatic carbocycles. The zero-order valence-electron chi connectivity index (χ0n) is 17.4. The van der Waals surface area contributed by atoms with Gasteiger partial charge in [-0.1, -0.05) is 67.9 Å². The first kappa shape index (κ1) is 21.6. The van der Waals surface area contributed by atoms with Crippen LogP contribution < -0.4 is 10.6 Å². The minimum Gasteiger partial charge on any atom is -0.336 e. The summed E-state index contributed by atoms with van der Waals surface area (Å²) in [6.45, 7) is 5.93. The summed E-state index contributed by atoms with van der Waals surface area (Å²) in [6.07, 6.45) is 0. The lowest BCUT2D eigenvalue weighted by molar-refractivity contribution is -0.118. The average Bonchev–Trinajstić information content (AvgIpc) is 2.98. The monoisotopic (exact) mass is 424 g/mol. The standard InChI is InChI=1S/C23H25ClN4O2/c1-14(2)16-10-12-18(13-11-16)25-23(30)20(17-8-6-5-7-9-17)26-22(29)19-15(3)27-28(4)21(19)24/h5-14,20H,1-4H3,(H,25,30)(H,26,29)/t20-/m0/s1. The Bertz CT molecular complexity index is 1040. The van der Waals surface area contributed by atoms with E-state index in [0.29, 0.717) is 22.9 Å². The van der Waals surface area contributed by atoms with Crippen molar-refractivity contribution >= 4 is 29.1 Å². The van der Waals surface area contributed by atoms with Crippen LogP contribution in [0.3, 0.4) is 0 Å². The van der Waals surface area contributed by atoms with Crippen LogP contribution in [0, 0.1) is 6.92 Å². The van der Waals surface area contributed by atoms with Gasteiger partial charge in [-0.25, -0.2) is 0 Å². The quantitative estimate of drug-likeness (QED) is 0.606. The number of aromatic nitrogens is 2. The lowest BCUT2D eigenvalue weighted by Gasteiger charge is -2.19. The van der Waals surface area contributed by atoms with E-state index >= 15 is 0 Å². The maximum Gasteiger partial charge on any atom is 0.257 e. The molecule has 156 valence electrons. The van der Waals surface area contributed by atoms with E-state index in [1.54, 1.807) is 26.1 Å². The van der Waals surface area contributed by atoms with Gasteiger partial charge in [0.2, 0.25) is 0 Å². The van der Waals surface area contributed by atoms with Crippen LogP contribution in [0.15, 0.2) is 54.6 Å². The van der Waals surface area contributed by atoms with Gasteiger partial charge in [0.1, 0.15) is 11.2 Å². The first-order valence-electron chi connectivity index (χ1n) is 9.73. The molecule has 0 saturated carbocycles. The summed E-state index contributed by atoms with van der Waals surface area (Å²) in [6, 6.07) is 15.9. The van der Waals surface area contributed by atoms with E-state index in [-0.39, 0.29) is 16.6 Å². The van der Waals surface area contributed by atoms with Crippen molar-refractivity contribution in [2.24, 2.45) is 7.05 Å². The van der Waals surface area contributed by atoms with Crippen LogP contribution >= 0.6 is 11.6 Å². The van der Waals surface area contributed by atoms with E-state index in [2.05, 4.69) is 29.6 Å². The number of benzene rings is 2. The summed E-state index contributed by atoms with van der Waals surface area (Å²) in [5.74, 6) is -0.396. The molecule has 0 saturated heterocycles. The topological polar surface area (TPSA) is 76.0 Å². The fraction of sp³-hybridized carbons (Fsp3) is 0.261. The van der Waals surface area contributed by atoms with Gasteiger partial charge in [0.25, 0.3) is 11.8 Å². The van der Waals surface area contributed by atoms with Crippen molar-refractivity contribution in [3.8, 4) is 0 Å². The predicted molar refractivity (Wildman–Crippen MR) is 119 cm³/mol. The van der Waals surface area contributed by atoms with Crippen molar-refractivity contribution in [1.29, 1.82) is 0 Å². The highest BCUT2D eigenvalue weighted by Crippen LogP contribution is 2.22. The van der Waals surface area contributed by atoms with Crippen LogP contribution in [0.1, 0.15) is 53.0 Å². The van der Waals surface area contributed by atoms with Crippen molar-refractivity contribution < 1.29 is 9.59 Å². The van der Waals surface area contributed by atoms with Crippen LogP contribution in [-0.4, -0.2) is 21.6 Å². The Balaban J connectivity index is 1.85. The van der Waals surface area contributed by atoms with E-state index in [1.165, 1.54) is 10.2 Å². The summed E-state index contributed by atoms with van der Waals surface area (Å²) in [4.78, 5) is 26.0. The van der Waals surface area contributed by atoms with Gasteiger partial charge in [0, 0.05) is 12.7 Å². The molecule has 2 N–H and O–H groups in total. The number of hydrogen-bond donors (Lipinski definition) is 2. The average molecular weight is 425 g/mol. The molecule has 3 aromatic rings. The number of nitrogens with zero attached hydrogens (tertiary/aromatic N) is 2. The van der Waals surface area contributed by atoms with Gasteiger partial charge in [-0.15, -0.1) is 0 Å². The summed E-state index contributed by atoms with van der Waals surface area (Å²) in [7, 11) is 1.66. The normalized spacial score (nSPS) is 11.9. The van der Waals surface area contributed by atoms with Crippen LogP contribution in [0.25, 0.3) is 0 Å². The van der Waals surface area contributed by atoms with Crippen molar-refractivity contribution in [2.75, 3.05) is 5.32 Å². The SMILES string of the molecule is Cc1nn(C)c(Cl)c1C(=O)N[C@H](C(=O)Nc1ccc(C(C)C)cc1)c1ccccc1.